The maximum Gasteiger partial charge on any atom is 0.306 e. The molecule has 6 nitrogen and oxygen atoms in total. The minimum atomic E-state index is -0.772. The van der Waals surface area contributed by atoms with E-state index < -0.39 is 6.10 Å². The fraction of sp³-hybridized carbons (Fsp3) is 0.878. The molecule has 1 atom stereocenters. The Labute approximate surface area is 499 Å². The van der Waals surface area contributed by atoms with Gasteiger partial charge in [0.05, 0.1) is 0 Å². The molecule has 0 rings (SSSR count). The van der Waals surface area contributed by atoms with E-state index in [0.29, 0.717) is 19.3 Å². The minimum Gasteiger partial charge on any atom is -0.462 e. The highest BCUT2D eigenvalue weighted by molar-refractivity contribution is 5.71. The first-order valence-corrected chi connectivity index (χ1v) is 36.0. The molecule has 0 N–H and O–H groups in total. The van der Waals surface area contributed by atoms with Crippen LogP contribution < -0.4 is 0 Å². The Morgan fingerprint density at radius 3 is 0.700 bits per heavy atom. The van der Waals surface area contributed by atoms with Crippen LogP contribution in [0, 0.1) is 0 Å². The second-order valence-electron chi connectivity index (χ2n) is 24.5. The number of unbranched alkanes of at least 4 members (excludes halogenated alkanes) is 50. The molecule has 0 fully saturated rings. The van der Waals surface area contributed by atoms with Crippen molar-refractivity contribution in [2.24, 2.45) is 0 Å². The monoisotopic (exact) mass is 1120 g/mol. The Kier molecular flexibility index (Phi) is 67.1. The van der Waals surface area contributed by atoms with Gasteiger partial charge in [-0.15, -0.1) is 0 Å². The molecule has 0 aliphatic carbocycles. The van der Waals surface area contributed by atoms with E-state index in [0.717, 1.165) is 70.6 Å². The van der Waals surface area contributed by atoms with Gasteiger partial charge in [-0.1, -0.05) is 340 Å². The van der Waals surface area contributed by atoms with Crippen molar-refractivity contribution in [3.63, 3.8) is 0 Å². The van der Waals surface area contributed by atoms with Gasteiger partial charge >= 0.3 is 17.9 Å². The Balaban J connectivity index is 4.15. The summed E-state index contributed by atoms with van der Waals surface area (Å²) in [5.74, 6) is -0.847. The van der Waals surface area contributed by atoms with Crippen molar-refractivity contribution in [2.75, 3.05) is 13.2 Å². The second-order valence-corrected chi connectivity index (χ2v) is 24.5. The van der Waals surface area contributed by atoms with E-state index >= 15 is 0 Å². The standard InChI is InChI=1S/C74H138O6/c1-4-7-10-13-16-19-22-25-28-30-31-32-33-34-35-36-37-38-39-40-41-42-43-45-46-49-52-55-58-61-64-67-73(76)79-70-71(69-78-72(75)66-63-60-57-54-51-48-27-24-21-18-15-12-9-6-3)80-74(77)68-65-62-59-56-53-50-47-44-29-26-23-20-17-14-11-8-5-2/h22,24-25,27,30-31,71H,4-21,23,26,28-29,32-70H2,1-3H3/b25-22-,27-24-,31-30-. The maximum atomic E-state index is 12.9. The van der Waals surface area contributed by atoms with Crippen molar-refractivity contribution >= 4 is 17.9 Å². The molecule has 0 radical (unpaired) electrons. The van der Waals surface area contributed by atoms with Crippen LogP contribution in [0.15, 0.2) is 36.5 Å². The molecule has 0 aromatic carbocycles. The highest BCUT2D eigenvalue weighted by Gasteiger charge is 2.19. The number of carbonyl (C=O) groups is 3. The summed E-state index contributed by atoms with van der Waals surface area (Å²) in [5, 5.41) is 0. The summed E-state index contributed by atoms with van der Waals surface area (Å²) in [6.45, 7) is 6.69. The van der Waals surface area contributed by atoms with Crippen molar-refractivity contribution < 1.29 is 28.6 Å². The molecule has 0 saturated carbocycles. The molecule has 0 bridgehead atoms. The average molecular weight is 1120 g/mol. The van der Waals surface area contributed by atoms with Crippen LogP contribution in [0.3, 0.4) is 0 Å². The highest BCUT2D eigenvalue weighted by atomic mass is 16.6. The number of hydrogen-bond donors (Lipinski definition) is 0. The summed E-state index contributed by atoms with van der Waals surface area (Å²) in [4.78, 5) is 38.4. The summed E-state index contributed by atoms with van der Waals surface area (Å²) in [7, 11) is 0. The first-order chi connectivity index (χ1) is 39.5. The van der Waals surface area contributed by atoms with Gasteiger partial charge in [-0.2, -0.15) is 0 Å². The number of esters is 3. The van der Waals surface area contributed by atoms with Crippen molar-refractivity contribution in [3.05, 3.63) is 36.5 Å². The number of carbonyl (C=O) groups excluding carboxylic acids is 3. The lowest BCUT2D eigenvalue weighted by Gasteiger charge is -2.18. The van der Waals surface area contributed by atoms with Gasteiger partial charge in [0.15, 0.2) is 6.10 Å². The summed E-state index contributed by atoms with van der Waals surface area (Å²) < 4.78 is 17.0. The lowest BCUT2D eigenvalue weighted by Crippen LogP contribution is -2.30. The van der Waals surface area contributed by atoms with E-state index in [9.17, 15) is 14.4 Å². The molecule has 80 heavy (non-hydrogen) atoms. The van der Waals surface area contributed by atoms with Crippen molar-refractivity contribution in [3.8, 4) is 0 Å². The molecule has 0 aliphatic rings. The zero-order valence-corrected chi connectivity index (χ0v) is 54.1. The molecule has 0 amide bonds. The zero-order valence-electron chi connectivity index (χ0n) is 54.1. The highest BCUT2D eigenvalue weighted by Crippen LogP contribution is 2.19. The third-order valence-electron chi connectivity index (χ3n) is 16.4. The van der Waals surface area contributed by atoms with Crippen LogP contribution in [0.2, 0.25) is 0 Å². The molecule has 0 aromatic rings. The van der Waals surface area contributed by atoms with Crippen LogP contribution in [-0.2, 0) is 28.6 Å². The third-order valence-corrected chi connectivity index (χ3v) is 16.4. The number of ether oxygens (including phenoxy) is 3. The molecular formula is C74H138O6. The van der Waals surface area contributed by atoms with Gasteiger partial charge in [0.2, 0.25) is 0 Å². The Bertz CT molecular complexity index is 1340. The van der Waals surface area contributed by atoms with Crippen LogP contribution >= 0.6 is 0 Å². The molecule has 0 saturated heterocycles. The maximum absolute atomic E-state index is 12.9. The smallest absolute Gasteiger partial charge is 0.306 e. The van der Waals surface area contributed by atoms with Gasteiger partial charge < -0.3 is 14.2 Å². The molecule has 0 aromatic heterocycles. The summed E-state index contributed by atoms with van der Waals surface area (Å²) in [5.41, 5.74) is 0. The predicted octanol–water partition coefficient (Wildman–Crippen LogP) is 24.7. The first-order valence-electron chi connectivity index (χ1n) is 36.0. The van der Waals surface area contributed by atoms with E-state index in [-0.39, 0.29) is 31.1 Å². The van der Waals surface area contributed by atoms with Crippen LogP contribution in [0.5, 0.6) is 0 Å². The van der Waals surface area contributed by atoms with Crippen LogP contribution in [0.1, 0.15) is 400 Å². The molecule has 1 unspecified atom stereocenters. The number of hydrogen-bond acceptors (Lipinski definition) is 6. The van der Waals surface area contributed by atoms with Crippen molar-refractivity contribution in [2.45, 2.75) is 406 Å². The van der Waals surface area contributed by atoms with E-state index in [1.165, 1.54) is 289 Å². The normalized spacial score (nSPS) is 12.2. The topological polar surface area (TPSA) is 78.9 Å². The fourth-order valence-electron chi connectivity index (χ4n) is 10.9. The van der Waals surface area contributed by atoms with Crippen LogP contribution in [-0.4, -0.2) is 37.2 Å². The van der Waals surface area contributed by atoms with Gasteiger partial charge in [-0.05, 0) is 77.0 Å². The van der Waals surface area contributed by atoms with E-state index in [1.54, 1.807) is 0 Å². The fourth-order valence-corrected chi connectivity index (χ4v) is 10.9. The molecular weight excluding hydrogens is 985 g/mol. The first kappa shape index (κ1) is 77.6. The van der Waals surface area contributed by atoms with Gasteiger partial charge in [-0.25, -0.2) is 0 Å². The lowest BCUT2D eigenvalue weighted by atomic mass is 10.0. The quantitative estimate of drug-likeness (QED) is 0.0261. The Morgan fingerprint density at radius 2 is 0.450 bits per heavy atom. The Hall–Kier alpha value is -2.37. The van der Waals surface area contributed by atoms with E-state index in [4.69, 9.17) is 14.2 Å². The number of rotatable bonds is 67. The minimum absolute atomic E-state index is 0.0684. The SMILES string of the molecule is CCCCCCC/C=C\C/C=C\CCCCCCCCCCCCCCCCCCCCCC(=O)OCC(COC(=O)CCCCCCC/C=C\CCCCCCC)OC(=O)CCCCCCCCCCCCCCCCCCC. The Morgan fingerprint density at radius 1 is 0.250 bits per heavy atom. The second kappa shape index (κ2) is 69.1. The van der Waals surface area contributed by atoms with Crippen LogP contribution in [0.4, 0.5) is 0 Å². The van der Waals surface area contributed by atoms with Crippen molar-refractivity contribution in [1.82, 2.24) is 0 Å². The summed E-state index contributed by atoms with van der Waals surface area (Å²) in [6.07, 6.45) is 86.1. The molecule has 0 heterocycles. The third kappa shape index (κ3) is 66.4. The average Bonchev–Trinajstić information content (AvgIpc) is 3.46. The largest absolute Gasteiger partial charge is 0.462 e. The molecule has 470 valence electrons. The van der Waals surface area contributed by atoms with Gasteiger partial charge in [0.1, 0.15) is 13.2 Å². The molecule has 0 aliphatic heterocycles. The van der Waals surface area contributed by atoms with Gasteiger partial charge in [-0.3, -0.25) is 14.4 Å². The van der Waals surface area contributed by atoms with E-state index in [1.807, 2.05) is 0 Å². The van der Waals surface area contributed by atoms with Gasteiger partial charge in [0, 0.05) is 19.3 Å². The van der Waals surface area contributed by atoms with Crippen molar-refractivity contribution in [1.29, 1.82) is 0 Å². The van der Waals surface area contributed by atoms with Crippen LogP contribution in [0.25, 0.3) is 0 Å². The molecule has 0 spiro atoms. The lowest BCUT2D eigenvalue weighted by molar-refractivity contribution is -0.167. The summed E-state index contributed by atoms with van der Waals surface area (Å²) >= 11 is 0. The van der Waals surface area contributed by atoms with E-state index in [2.05, 4.69) is 57.2 Å². The predicted molar refractivity (Wildman–Crippen MR) is 349 cm³/mol. The van der Waals surface area contributed by atoms with Gasteiger partial charge in [0.25, 0.3) is 0 Å². The zero-order chi connectivity index (χ0) is 57.8. The molecule has 6 heteroatoms. The summed E-state index contributed by atoms with van der Waals surface area (Å²) in [6, 6.07) is 0. The number of allylic oxidation sites excluding steroid dienone is 6.